The molecule has 0 heterocycles. The number of amides is 1. The second-order valence-corrected chi connectivity index (χ2v) is 3.95. The van der Waals surface area contributed by atoms with Gasteiger partial charge in [0.2, 0.25) is 5.91 Å². The SMILES string of the molecule is CCN(C(=O)CCCO)C1CCCC1. The average molecular weight is 199 g/mol. The van der Waals surface area contributed by atoms with Gasteiger partial charge in [-0.1, -0.05) is 12.8 Å². The van der Waals surface area contributed by atoms with Crippen LogP contribution in [0.1, 0.15) is 45.4 Å². The Bertz CT molecular complexity index is 176. The fraction of sp³-hybridized carbons (Fsp3) is 0.909. The molecule has 0 bridgehead atoms. The molecule has 0 saturated heterocycles. The number of aliphatic hydroxyl groups excluding tert-OH is 1. The largest absolute Gasteiger partial charge is 0.396 e. The van der Waals surface area contributed by atoms with Gasteiger partial charge in [0, 0.05) is 25.6 Å². The Labute approximate surface area is 86.1 Å². The topological polar surface area (TPSA) is 40.5 Å². The number of carbonyl (C=O) groups is 1. The van der Waals surface area contributed by atoms with Crippen LogP contribution in [-0.2, 0) is 4.79 Å². The van der Waals surface area contributed by atoms with Crippen LogP contribution in [0.25, 0.3) is 0 Å². The molecule has 0 spiro atoms. The number of aliphatic hydroxyl groups is 1. The molecule has 0 atom stereocenters. The van der Waals surface area contributed by atoms with E-state index in [1.54, 1.807) is 0 Å². The van der Waals surface area contributed by atoms with Crippen LogP contribution >= 0.6 is 0 Å². The lowest BCUT2D eigenvalue weighted by molar-refractivity contribution is -0.133. The lowest BCUT2D eigenvalue weighted by atomic mass is 10.2. The first-order valence-electron chi connectivity index (χ1n) is 5.70. The molecule has 1 saturated carbocycles. The highest BCUT2D eigenvalue weighted by Gasteiger charge is 2.24. The lowest BCUT2D eigenvalue weighted by Crippen LogP contribution is -2.38. The summed E-state index contributed by atoms with van der Waals surface area (Å²) in [6.07, 6.45) is 5.95. The molecule has 1 aliphatic rings. The highest BCUT2D eigenvalue weighted by atomic mass is 16.3. The van der Waals surface area contributed by atoms with Crippen LogP contribution in [0.15, 0.2) is 0 Å². The molecule has 0 unspecified atom stereocenters. The first kappa shape index (κ1) is 11.5. The van der Waals surface area contributed by atoms with E-state index in [1.807, 2.05) is 11.8 Å². The van der Waals surface area contributed by atoms with Crippen molar-refractivity contribution in [3.05, 3.63) is 0 Å². The van der Waals surface area contributed by atoms with E-state index in [0.717, 1.165) is 6.54 Å². The molecule has 3 heteroatoms. The zero-order chi connectivity index (χ0) is 10.4. The molecular weight excluding hydrogens is 178 g/mol. The highest BCUT2D eigenvalue weighted by Crippen LogP contribution is 2.23. The maximum atomic E-state index is 11.7. The van der Waals surface area contributed by atoms with Gasteiger partial charge in [-0.05, 0) is 26.2 Å². The third-order valence-corrected chi connectivity index (χ3v) is 2.98. The van der Waals surface area contributed by atoms with Gasteiger partial charge in [-0.25, -0.2) is 0 Å². The molecule has 1 N–H and O–H groups in total. The fourth-order valence-electron chi connectivity index (χ4n) is 2.23. The first-order valence-corrected chi connectivity index (χ1v) is 5.70. The Morgan fingerprint density at radius 3 is 2.57 bits per heavy atom. The van der Waals surface area contributed by atoms with Crippen LogP contribution in [0.5, 0.6) is 0 Å². The van der Waals surface area contributed by atoms with Crippen molar-refractivity contribution < 1.29 is 9.90 Å². The van der Waals surface area contributed by atoms with Gasteiger partial charge in [0.1, 0.15) is 0 Å². The van der Waals surface area contributed by atoms with Crippen LogP contribution < -0.4 is 0 Å². The number of hydrogen-bond donors (Lipinski definition) is 1. The Balaban J connectivity index is 2.39. The van der Waals surface area contributed by atoms with E-state index >= 15 is 0 Å². The number of rotatable bonds is 5. The zero-order valence-electron chi connectivity index (χ0n) is 9.04. The van der Waals surface area contributed by atoms with Crippen LogP contribution in [-0.4, -0.2) is 35.1 Å². The van der Waals surface area contributed by atoms with Gasteiger partial charge >= 0.3 is 0 Å². The average Bonchev–Trinajstić information content (AvgIpc) is 2.69. The summed E-state index contributed by atoms with van der Waals surface area (Å²) < 4.78 is 0. The monoisotopic (exact) mass is 199 g/mol. The van der Waals surface area contributed by atoms with Crippen molar-refractivity contribution in [2.45, 2.75) is 51.5 Å². The van der Waals surface area contributed by atoms with Crippen molar-refractivity contribution in [2.24, 2.45) is 0 Å². The molecule has 0 aromatic carbocycles. The minimum absolute atomic E-state index is 0.119. The Kier molecular flexibility index (Phi) is 4.94. The molecule has 0 aromatic heterocycles. The van der Waals surface area contributed by atoms with Crippen LogP contribution in [0, 0.1) is 0 Å². The molecule has 3 nitrogen and oxygen atoms in total. The molecule has 82 valence electrons. The van der Waals surface area contributed by atoms with E-state index in [0.29, 0.717) is 18.9 Å². The molecule has 14 heavy (non-hydrogen) atoms. The minimum Gasteiger partial charge on any atom is -0.396 e. The highest BCUT2D eigenvalue weighted by molar-refractivity contribution is 5.76. The third kappa shape index (κ3) is 2.98. The Hall–Kier alpha value is -0.570. The second kappa shape index (κ2) is 6.02. The van der Waals surface area contributed by atoms with E-state index in [2.05, 4.69) is 0 Å². The standard InChI is InChI=1S/C11H21NO2/c1-2-12(10-6-3-4-7-10)11(14)8-5-9-13/h10,13H,2-9H2,1H3. The normalized spacial score (nSPS) is 17.3. The van der Waals surface area contributed by atoms with Crippen LogP contribution in [0.4, 0.5) is 0 Å². The van der Waals surface area contributed by atoms with E-state index in [-0.39, 0.29) is 12.5 Å². The molecular formula is C11H21NO2. The van der Waals surface area contributed by atoms with Gasteiger partial charge in [-0.2, -0.15) is 0 Å². The van der Waals surface area contributed by atoms with Crippen molar-refractivity contribution in [1.29, 1.82) is 0 Å². The van der Waals surface area contributed by atoms with Crippen molar-refractivity contribution in [3.8, 4) is 0 Å². The van der Waals surface area contributed by atoms with Gasteiger partial charge in [0.25, 0.3) is 0 Å². The maximum absolute atomic E-state index is 11.7. The molecule has 0 radical (unpaired) electrons. The van der Waals surface area contributed by atoms with Crippen LogP contribution in [0.2, 0.25) is 0 Å². The van der Waals surface area contributed by atoms with E-state index < -0.39 is 0 Å². The molecule has 1 fully saturated rings. The molecule has 0 aliphatic heterocycles. The second-order valence-electron chi connectivity index (χ2n) is 3.95. The number of carbonyl (C=O) groups excluding carboxylic acids is 1. The summed E-state index contributed by atoms with van der Waals surface area (Å²) in [5, 5.41) is 8.66. The van der Waals surface area contributed by atoms with E-state index in [4.69, 9.17) is 5.11 Å². The van der Waals surface area contributed by atoms with Crippen LogP contribution in [0.3, 0.4) is 0 Å². The Morgan fingerprint density at radius 2 is 2.07 bits per heavy atom. The third-order valence-electron chi connectivity index (χ3n) is 2.98. The summed E-state index contributed by atoms with van der Waals surface area (Å²) in [5.74, 6) is 0.216. The summed E-state index contributed by atoms with van der Waals surface area (Å²) in [4.78, 5) is 13.7. The summed E-state index contributed by atoms with van der Waals surface area (Å²) in [5.41, 5.74) is 0. The smallest absolute Gasteiger partial charge is 0.222 e. The first-order chi connectivity index (χ1) is 6.79. The minimum atomic E-state index is 0.119. The van der Waals surface area contributed by atoms with Gasteiger partial charge in [0.15, 0.2) is 0 Å². The fourth-order valence-corrected chi connectivity index (χ4v) is 2.23. The van der Waals surface area contributed by atoms with E-state index in [1.165, 1.54) is 25.7 Å². The van der Waals surface area contributed by atoms with Crippen molar-refractivity contribution in [2.75, 3.05) is 13.2 Å². The predicted molar refractivity (Wildman–Crippen MR) is 56.0 cm³/mol. The summed E-state index contributed by atoms with van der Waals surface area (Å²) in [6, 6.07) is 0.478. The van der Waals surface area contributed by atoms with Gasteiger partial charge < -0.3 is 10.0 Å². The van der Waals surface area contributed by atoms with E-state index in [9.17, 15) is 4.79 Å². The lowest BCUT2D eigenvalue weighted by Gasteiger charge is -2.27. The molecule has 0 aromatic rings. The summed E-state index contributed by atoms with van der Waals surface area (Å²) >= 11 is 0. The maximum Gasteiger partial charge on any atom is 0.222 e. The predicted octanol–water partition coefficient (Wildman–Crippen LogP) is 1.55. The number of hydrogen-bond acceptors (Lipinski definition) is 2. The Morgan fingerprint density at radius 1 is 1.43 bits per heavy atom. The number of nitrogens with zero attached hydrogens (tertiary/aromatic N) is 1. The quantitative estimate of drug-likeness (QED) is 0.729. The summed E-state index contributed by atoms with van der Waals surface area (Å²) in [7, 11) is 0. The van der Waals surface area contributed by atoms with Crippen molar-refractivity contribution in [3.63, 3.8) is 0 Å². The van der Waals surface area contributed by atoms with Gasteiger partial charge in [0.05, 0.1) is 0 Å². The zero-order valence-corrected chi connectivity index (χ0v) is 9.04. The summed E-state index contributed by atoms with van der Waals surface area (Å²) in [6.45, 7) is 2.97. The van der Waals surface area contributed by atoms with Crippen molar-refractivity contribution >= 4 is 5.91 Å². The van der Waals surface area contributed by atoms with Gasteiger partial charge in [-0.3, -0.25) is 4.79 Å². The molecule has 1 amide bonds. The molecule has 1 rings (SSSR count). The van der Waals surface area contributed by atoms with Crippen molar-refractivity contribution in [1.82, 2.24) is 4.90 Å². The molecule has 1 aliphatic carbocycles. The van der Waals surface area contributed by atoms with Gasteiger partial charge in [-0.15, -0.1) is 0 Å².